The second-order valence-electron chi connectivity index (χ2n) is 3.66. The molecule has 2 aromatic rings. The van der Waals surface area contributed by atoms with Crippen molar-refractivity contribution >= 4 is 11.6 Å². The van der Waals surface area contributed by atoms with E-state index < -0.39 is 6.10 Å². The molecule has 0 bridgehead atoms. The fourth-order valence-electron chi connectivity index (χ4n) is 1.59. The van der Waals surface area contributed by atoms with Gasteiger partial charge in [0.15, 0.2) is 0 Å². The number of aryl methyl sites for hydroxylation is 2. The molecule has 0 fully saturated rings. The van der Waals surface area contributed by atoms with Gasteiger partial charge in [-0.2, -0.15) is 0 Å². The van der Waals surface area contributed by atoms with E-state index in [4.69, 9.17) is 11.6 Å². The normalized spacial score (nSPS) is 12.8. The second-order valence-corrected chi connectivity index (χ2v) is 4.04. The Labute approximate surface area is 98.5 Å². The third-order valence-electron chi connectivity index (χ3n) is 2.55. The molecule has 1 heterocycles. The molecule has 84 valence electrons. The van der Waals surface area contributed by atoms with Gasteiger partial charge in [0, 0.05) is 17.6 Å². The molecule has 0 radical (unpaired) electrons. The van der Waals surface area contributed by atoms with Crippen LogP contribution in [0.2, 0.25) is 5.02 Å². The third-order valence-corrected chi connectivity index (χ3v) is 3.06. The van der Waals surface area contributed by atoms with Gasteiger partial charge < -0.3 is 5.11 Å². The van der Waals surface area contributed by atoms with Crippen LogP contribution in [0.15, 0.2) is 24.4 Å². The molecule has 0 saturated carbocycles. The predicted molar refractivity (Wildman–Crippen MR) is 61.3 cm³/mol. The van der Waals surface area contributed by atoms with Crippen LogP contribution >= 0.6 is 11.6 Å². The molecule has 5 heteroatoms. The molecular formula is C11H12ClN3O. The van der Waals surface area contributed by atoms with Gasteiger partial charge in [0.2, 0.25) is 0 Å². The molecule has 0 spiro atoms. The summed E-state index contributed by atoms with van der Waals surface area (Å²) in [6, 6.07) is 5.57. The summed E-state index contributed by atoms with van der Waals surface area (Å²) >= 11 is 6.15. The summed E-state index contributed by atoms with van der Waals surface area (Å²) in [4.78, 5) is 0. The Morgan fingerprint density at radius 3 is 2.81 bits per heavy atom. The van der Waals surface area contributed by atoms with E-state index in [0.717, 1.165) is 5.56 Å². The number of aromatic nitrogens is 3. The first-order valence-electron chi connectivity index (χ1n) is 4.89. The number of hydrogen-bond donors (Lipinski definition) is 1. The molecule has 0 aliphatic heterocycles. The van der Waals surface area contributed by atoms with Gasteiger partial charge >= 0.3 is 0 Å². The third kappa shape index (κ3) is 1.81. The van der Waals surface area contributed by atoms with Gasteiger partial charge in [0.05, 0.1) is 11.9 Å². The zero-order chi connectivity index (χ0) is 11.7. The minimum absolute atomic E-state index is 0.580. The zero-order valence-corrected chi connectivity index (χ0v) is 9.81. The minimum Gasteiger partial charge on any atom is -0.382 e. The van der Waals surface area contributed by atoms with E-state index in [1.807, 2.05) is 19.1 Å². The average Bonchev–Trinajstić information content (AvgIpc) is 2.68. The number of halogens is 1. The maximum absolute atomic E-state index is 10.2. The van der Waals surface area contributed by atoms with Crippen molar-refractivity contribution < 1.29 is 5.11 Å². The molecule has 1 aromatic carbocycles. The van der Waals surface area contributed by atoms with Crippen molar-refractivity contribution in [1.82, 2.24) is 15.0 Å². The highest BCUT2D eigenvalue weighted by Gasteiger charge is 2.18. The number of nitrogens with zero attached hydrogens (tertiary/aromatic N) is 3. The van der Waals surface area contributed by atoms with Crippen LogP contribution in [0.5, 0.6) is 0 Å². The van der Waals surface area contributed by atoms with Crippen LogP contribution in [0, 0.1) is 6.92 Å². The van der Waals surface area contributed by atoms with Crippen LogP contribution in [0.3, 0.4) is 0 Å². The molecular weight excluding hydrogens is 226 g/mol. The summed E-state index contributed by atoms with van der Waals surface area (Å²) in [6.07, 6.45) is 0.732. The first kappa shape index (κ1) is 11.1. The Morgan fingerprint density at radius 1 is 1.44 bits per heavy atom. The van der Waals surface area contributed by atoms with Crippen LogP contribution in [-0.2, 0) is 7.05 Å². The molecule has 2 rings (SSSR count). The molecule has 0 amide bonds. The molecule has 0 aliphatic carbocycles. The fourth-order valence-corrected chi connectivity index (χ4v) is 1.82. The standard InChI is InChI=1S/C11H12ClN3O/c1-7-4-3-5-8(10(7)12)11(16)9-6-13-14-15(9)2/h3-6,11,16H,1-2H3. The molecule has 0 saturated heterocycles. The van der Waals surface area contributed by atoms with Crippen LogP contribution in [0.25, 0.3) is 0 Å². The van der Waals surface area contributed by atoms with Crippen molar-refractivity contribution in [1.29, 1.82) is 0 Å². The predicted octanol–water partition coefficient (Wildman–Crippen LogP) is 1.86. The van der Waals surface area contributed by atoms with Crippen LogP contribution in [-0.4, -0.2) is 20.1 Å². The lowest BCUT2D eigenvalue weighted by Gasteiger charge is -2.13. The summed E-state index contributed by atoms with van der Waals surface area (Å²) in [5.41, 5.74) is 2.23. The lowest BCUT2D eigenvalue weighted by molar-refractivity contribution is 0.210. The Kier molecular flexibility index (Phi) is 2.94. The maximum Gasteiger partial charge on any atom is 0.124 e. The van der Waals surface area contributed by atoms with Crippen molar-refractivity contribution in [2.75, 3.05) is 0 Å². The lowest BCUT2D eigenvalue weighted by atomic mass is 10.0. The van der Waals surface area contributed by atoms with Gasteiger partial charge in [-0.15, -0.1) is 5.10 Å². The quantitative estimate of drug-likeness (QED) is 0.868. The number of aliphatic hydroxyl groups excluding tert-OH is 1. The van der Waals surface area contributed by atoms with E-state index in [-0.39, 0.29) is 0 Å². The maximum atomic E-state index is 10.2. The highest BCUT2D eigenvalue weighted by atomic mass is 35.5. The summed E-state index contributed by atoms with van der Waals surface area (Å²) in [6.45, 7) is 1.90. The number of hydrogen-bond acceptors (Lipinski definition) is 3. The summed E-state index contributed by atoms with van der Waals surface area (Å²) in [5, 5.41) is 18.3. The van der Waals surface area contributed by atoms with Gasteiger partial charge in [-0.3, -0.25) is 0 Å². The van der Waals surface area contributed by atoms with E-state index in [2.05, 4.69) is 10.3 Å². The largest absolute Gasteiger partial charge is 0.382 e. The van der Waals surface area contributed by atoms with Crippen molar-refractivity contribution in [2.24, 2.45) is 7.05 Å². The van der Waals surface area contributed by atoms with Gasteiger partial charge in [-0.05, 0) is 12.5 Å². The number of rotatable bonds is 2. The lowest BCUT2D eigenvalue weighted by Crippen LogP contribution is -2.07. The van der Waals surface area contributed by atoms with Gasteiger partial charge in [-0.1, -0.05) is 35.0 Å². The first-order chi connectivity index (χ1) is 7.61. The van der Waals surface area contributed by atoms with E-state index >= 15 is 0 Å². The van der Waals surface area contributed by atoms with Crippen molar-refractivity contribution in [3.05, 3.63) is 46.2 Å². The Bertz CT molecular complexity index is 510. The van der Waals surface area contributed by atoms with Crippen molar-refractivity contribution in [3.63, 3.8) is 0 Å². The van der Waals surface area contributed by atoms with E-state index in [9.17, 15) is 5.11 Å². The van der Waals surface area contributed by atoms with E-state index in [1.165, 1.54) is 10.9 Å². The Morgan fingerprint density at radius 2 is 2.19 bits per heavy atom. The van der Waals surface area contributed by atoms with Crippen LogP contribution in [0.4, 0.5) is 0 Å². The summed E-state index contributed by atoms with van der Waals surface area (Å²) in [5.74, 6) is 0. The highest BCUT2D eigenvalue weighted by molar-refractivity contribution is 6.32. The Balaban J connectivity index is 2.46. The number of benzene rings is 1. The fraction of sp³-hybridized carbons (Fsp3) is 0.273. The van der Waals surface area contributed by atoms with Crippen LogP contribution < -0.4 is 0 Å². The molecule has 1 unspecified atom stereocenters. The SMILES string of the molecule is Cc1cccc(C(O)c2cnnn2C)c1Cl. The monoisotopic (exact) mass is 237 g/mol. The smallest absolute Gasteiger partial charge is 0.124 e. The highest BCUT2D eigenvalue weighted by Crippen LogP contribution is 2.29. The summed E-state index contributed by atoms with van der Waals surface area (Å²) < 4.78 is 1.53. The van der Waals surface area contributed by atoms with Gasteiger partial charge in [0.1, 0.15) is 6.10 Å². The van der Waals surface area contributed by atoms with Gasteiger partial charge in [-0.25, -0.2) is 4.68 Å². The second kappa shape index (κ2) is 4.23. The zero-order valence-electron chi connectivity index (χ0n) is 9.05. The van der Waals surface area contributed by atoms with Crippen LogP contribution in [0.1, 0.15) is 22.9 Å². The van der Waals surface area contributed by atoms with E-state index in [0.29, 0.717) is 16.3 Å². The molecule has 0 aliphatic rings. The Hall–Kier alpha value is -1.39. The van der Waals surface area contributed by atoms with E-state index in [1.54, 1.807) is 13.1 Å². The molecule has 1 N–H and O–H groups in total. The molecule has 4 nitrogen and oxygen atoms in total. The summed E-state index contributed by atoms with van der Waals surface area (Å²) in [7, 11) is 1.73. The topological polar surface area (TPSA) is 50.9 Å². The first-order valence-corrected chi connectivity index (χ1v) is 5.26. The molecule has 16 heavy (non-hydrogen) atoms. The van der Waals surface area contributed by atoms with Crippen molar-refractivity contribution in [3.8, 4) is 0 Å². The average molecular weight is 238 g/mol. The molecule has 1 aromatic heterocycles. The van der Waals surface area contributed by atoms with Gasteiger partial charge in [0.25, 0.3) is 0 Å². The molecule has 1 atom stereocenters. The number of aliphatic hydroxyl groups is 1. The van der Waals surface area contributed by atoms with Crippen molar-refractivity contribution in [2.45, 2.75) is 13.0 Å². The minimum atomic E-state index is -0.799.